The Morgan fingerprint density at radius 1 is 1.25 bits per heavy atom. The summed E-state index contributed by atoms with van der Waals surface area (Å²) in [5, 5.41) is 4.72. The van der Waals surface area contributed by atoms with Gasteiger partial charge in [0.1, 0.15) is 0 Å². The summed E-state index contributed by atoms with van der Waals surface area (Å²) in [6.45, 7) is 2.38. The smallest absolute Gasteiger partial charge is 0.252 e. The molecule has 0 saturated carbocycles. The third kappa shape index (κ3) is 3.26. The third-order valence-corrected chi connectivity index (χ3v) is 5.09. The standard InChI is InChI=1S/C14H15NO3S2/c1-10-7-8-19-12(10)9-15-14(16)11-5-3-4-6-13(11)20(2,17)18/h3-8H,9H2,1-2H3,(H,15,16). The number of nitrogens with one attached hydrogen (secondary N) is 1. The average Bonchev–Trinajstić information content (AvgIpc) is 2.80. The van der Waals surface area contributed by atoms with Gasteiger partial charge in [0.15, 0.2) is 9.84 Å². The van der Waals surface area contributed by atoms with Crippen LogP contribution < -0.4 is 5.32 Å². The normalized spacial score (nSPS) is 11.3. The number of carbonyl (C=O) groups excluding carboxylic acids is 1. The lowest BCUT2D eigenvalue weighted by molar-refractivity contribution is 0.0948. The summed E-state index contributed by atoms with van der Waals surface area (Å²) in [5.41, 5.74) is 1.30. The van der Waals surface area contributed by atoms with Crippen molar-refractivity contribution in [1.82, 2.24) is 5.32 Å². The number of carbonyl (C=O) groups is 1. The monoisotopic (exact) mass is 309 g/mol. The molecule has 0 atom stereocenters. The Balaban J connectivity index is 2.20. The first kappa shape index (κ1) is 14.7. The van der Waals surface area contributed by atoms with Gasteiger partial charge in [0.25, 0.3) is 5.91 Å². The number of sulfone groups is 1. The molecule has 20 heavy (non-hydrogen) atoms. The minimum Gasteiger partial charge on any atom is -0.347 e. The fourth-order valence-electron chi connectivity index (χ4n) is 1.82. The molecule has 0 saturated heterocycles. The summed E-state index contributed by atoms with van der Waals surface area (Å²) in [4.78, 5) is 13.3. The molecule has 1 amide bonds. The first-order chi connectivity index (χ1) is 9.39. The van der Waals surface area contributed by atoms with Gasteiger partial charge in [-0.15, -0.1) is 11.3 Å². The number of hydrogen-bond donors (Lipinski definition) is 1. The molecule has 0 unspecified atom stereocenters. The lowest BCUT2D eigenvalue weighted by Crippen LogP contribution is -2.24. The van der Waals surface area contributed by atoms with Crippen LogP contribution in [0.1, 0.15) is 20.8 Å². The van der Waals surface area contributed by atoms with Crippen molar-refractivity contribution in [3.05, 3.63) is 51.7 Å². The highest BCUT2D eigenvalue weighted by atomic mass is 32.2. The van der Waals surface area contributed by atoms with E-state index in [4.69, 9.17) is 0 Å². The second-order valence-corrected chi connectivity index (χ2v) is 7.46. The van der Waals surface area contributed by atoms with Gasteiger partial charge in [0.2, 0.25) is 0 Å². The molecule has 2 rings (SSSR count). The first-order valence-corrected chi connectivity index (χ1v) is 8.77. The lowest BCUT2D eigenvalue weighted by atomic mass is 10.2. The molecular formula is C14H15NO3S2. The van der Waals surface area contributed by atoms with E-state index >= 15 is 0 Å². The van der Waals surface area contributed by atoms with Crippen LogP contribution in [0.25, 0.3) is 0 Å². The fraction of sp³-hybridized carbons (Fsp3) is 0.214. The third-order valence-electron chi connectivity index (χ3n) is 2.91. The summed E-state index contributed by atoms with van der Waals surface area (Å²) in [5.74, 6) is -0.376. The Kier molecular flexibility index (Phi) is 4.25. The molecule has 0 bridgehead atoms. The molecule has 0 aliphatic carbocycles. The van der Waals surface area contributed by atoms with Crippen LogP contribution in [0.3, 0.4) is 0 Å². The van der Waals surface area contributed by atoms with Crippen molar-refractivity contribution in [2.24, 2.45) is 0 Å². The Morgan fingerprint density at radius 2 is 1.95 bits per heavy atom. The Morgan fingerprint density at radius 3 is 2.55 bits per heavy atom. The molecule has 6 heteroatoms. The van der Waals surface area contributed by atoms with E-state index in [9.17, 15) is 13.2 Å². The molecule has 106 valence electrons. The summed E-state index contributed by atoms with van der Waals surface area (Å²) in [6, 6.07) is 8.21. The van der Waals surface area contributed by atoms with Gasteiger partial charge in [-0.1, -0.05) is 12.1 Å². The fourth-order valence-corrected chi connectivity index (χ4v) is 3.55. The van der Waals surface area contributed by atoms with E-state index in [-0.39, 0.29) is 16.4 Å². The van der Waals surface area contributed by atoms with E-state index < -0.39 is 9.84 Å². The number of thiophene rings is 1. The molecular weight excluding hydrogens is 294 g/mol. The van der Waals surface area contributed by atoms with E-state index in [1.54, 1.807) is 23.5 Å². The van der Waals surface area contributed by atoms with Gasteiger partial charge in [0, 0.05) is 11.1 Å². The highest BCUT2D eigenvalue weighted by Crippen LogP contribution is 2.17. The molecule has 2 aromatic rings. The Bertz CT molecular complexity index is 732. The van der Waals surface area contributed by atoms with Crippen molar-refractivity contribution in [2.45, 2.75) is 18.4 Å². The van der Waals surface area contributed by atoms with Crippen LogP contribution in [0.4, 0.5) is 0 Å². The number of hydrogen-bond acceptors (Lipinski definition) is 4. The second kappa shape index (κ2) is 5.76. The number of benzene rings is 1. The zero-order valence-corrected chi connectivity index (χ0v) is 12.8. The SMILES string of the molecule is Cc1ccsc1CNC(=O)c1ccccc1S(C)(=O)=O. The average molecular weight is 309 g/mol. The van der Waals surface area contributed by atoms with E-state index in [1.165, 1.54) is 12.1 Å². The van der Waals surface area contributed by atoms with E-state index in [2.05, 4.69) is 5.32 Å². The molecule has 4 nitrogen and oxygen atoms in total. The van der Waals surface area contributed by atoms with Crippen molar-refractivity contribution in [2.75, 3.05) is 6.26 Å². The van der Waals surface area contributed by atoms with Crippen molar-refractivity contribution in [1.29, 1.82) is 0 Å². The van der Waals surface area contributed by atoms with Gasteiger partial charge < -0.3 is 5.32 Å². The van der Waals surface area contributed by atoms with Crippen LogP contribution in [0.5, 0.6) is 0 Å². The molecule has 0 fully saturated rings. The van der Waals surface area contributed by atoms with E-state index in [0.717, 1.165) is 16.7 Å². The topological polar surface area (TPSA) is 63.2 Å². The van der Waals surface area contributed by atoms with Crippen LogP contribution in [-0.2, 0) is 16.4 Å². The number of rotatable bonds is 4. The molecule has 0 radical (unpaired) electrons. The van der Waals surface area contributed by atoms with E-state index in [1.807, 2.05) is 18.4 Å². The van der Waals surface area contributed by atoms with Gasteiger partial charge in [-0.2, -0.15) is 0 Å². The molecule has 1 N–H and O–H groups in total. The van der Waals surface area contributed by atoms with Crippen LogP contribution in [0.15, 0.2) is 40.6 Å². The van der Waals surface area contributed by atoms with Gasteiger partial charge in [-0.3, -0.25) is 4.79 Å². The molecule has 0 aliphatic rings. The maximum Gasteiger partial charge on any atom is 0.252 e. The number of amides is 1. The van der Waals surface area contributed by atoms with Crippen molar-refractivity contribution in [3.8, 4) is 0 Å². The summed E-state index contributed by atoms with van der Waals surface area (Å²) < 4.78 is 23.3. The van der Waals surface area contributed by atoms with Crippen molar-refractivity contribution < 1.29 is 13.2 Å². The van der Waals surface area contributed by atoms with Crippen LogP contribution >= 0.6 is 11.3 Å². The zero-order chi connectivity index (χ0) is 14.8. The van der Waals surface area contributed by atoms with Gasteiger partial charge in [0.05, 0.1) is 17.0 Å². The highest BCUT2D eigenvalue weighted by molar-refractivity contribution is 7.90. The molecule has 1 heterocycles. The maximum atomic E-state index is 12.1. The Hall–Kier alpha value is -1.66. The zero-order valence-electron chi connectivity index (χ0n) is 11.2. The highest BCUT2D eigenvalue weighted by Gasteiger charge is 2.17. The van der Waals surface area contributed by atoms with Gasteiger partial charge in [-0.25, -0.2) is 8.42 Å². The predicted octanol–water partition coefficient (Wildman–Crippen LogP) is 2.39. The quantitative estimate of drug-likeness (QED) is 0.943. The van der Waals surface area contributed by atoms with Crippen LogP contribution in [0, 0.1) is 6.92 Å². The largest absolute Gasteiger partial charge is 0.347 e. The molecule has 0 aliphatic heterocycles. The summed E-state index contributed by atoms with van der Waals surface area (Å²) in [7, 11) is -3.42. The molecule has 0 spiro atoms. The van der Waals surface area contributed by atoms with Crippen LogP contribution in [0.2, 0.25) is 0 Å². The predicted molar refractivity (Wildman–Crippen MR) is 79.8 cm³/mol. The Labute approximate surface area is 122 Å². The molecule has 1 aromatic carbocycles. The van der Waals surface area contributed by atoms with E-state index in [0.29, 0.717) is 6.54 Å². The minimum atomic E-state index is -3.42. The lowest BCUT2D eigenvalue weighted by Gasteiger charge is -2.08. The maximum absolute atomic E-state index is 12.1. The summed E-state index contributed by atoms with van der Waals surface area (Å²) >= 11 is 1.56. The minimum absolute atomic E-state index is 0.0559. The molecule has 1 aromatic heterocycles. The van der Waals surface area contributed by atoms with Crippen molar-refractivity contribution >= 4 is 27.1 Å². The van der Waals surface area contributed by atoms with Crippen molar-refractivity contribution in [3.63, 3.8) is 0 Å². The van der Waals surface area contributed by atoms with Crippen LogP contribution in [-0.4, -0.2) is 20.6 Å². The second-order valence-electron chi connectivity index (χ2n) is 4.48. The summed E-state index contributed by atoms with van der Waals surface area (Å²) in [6.07, 6.45) is 1.10. The number of aryl methyl sites for hydroxylation is 1. The van der Waals surface area contributed by atoms with Gasteiger partial charge >= 0.3 is 0 Å². The van der Waals surface area contributed by atoms with Gasteiger partial charge in [-0.05, 0) is 36.1 Å². The first-order valence-electron chi connectivity index (χ1n) is 6.00.